The quantitative estimate of drug-likeness (QED) is 0.761. The Kier molecular flexibility index (Phi) is 6.72. The Balaban J connectivity index is 1.98. The van der Waals surface area contributed by atoms with Gasteiger partial charge < -0.3 is 10.2 Å². The van der Waals surface area contributed by atoms with E-state index in [0.29, 0.717) is 5.41 Å². The summed E-state index contributed by atoms with van der Waals surface area (Å²) >= 11 is 3.57. The molecule has 0 unspecified atom stereocenters. The molecule has 1 fully saturated rings. The first-order valence-corrected chi connectivity index (χ1v) is 9.00. The molecule has 1 aromatic rings. The summed E-state index contributed by atoms with van der Waals surface area (Å²) < 4.78 is 1.17. The summed E-state index contributed by atoms with van der Waals surface area (Å²) in [5.41, 5.74) is 1.85. The second kappa shape index (κ2) is 8.30. The average molecular weight is 353 g/mol. The molecule has 0 aromatic heterocycles. The highest BCUT2D eigenvalue weighted by molar-refractivity contribution is 9.10. The number of nitrogens with one attached hydrogen (secondary N) is 1. The molecule has 118 valence electrons. The Labute approximate surface area is 138 Å². The van der Waals surface area contributed by atoms with Gasteiger partial charge in [0.1, 0.15) is 0 Å². The van der Waals surface area contributed by atoms with Crippen LogP contribution in [0.4, 0.5) is 0 Å². The molecule has 0 heterocycles. The molecule has 1 N–H and O–H groups in total. The molecule has 1 saturated carbocycles. The van der Waals surface area contributed by atoms with Crippen molar-refractivity contribution in [2.24, 2.45) is 5.41 Å². The summed E-state index contributed by atoms with van der Waals surface area (Å²) in [5.74, 6) is 0. The lowest BCUT2D eigenvalue weighted by Crippen LogP contribution is -2.41. The van der Waals surface area contributed by atoms with E-state index in [-0.39, 0.29) is 0 Å². The number of halogens is 1. The highest BCUT2D eigenvalue weighted by atomic mass is 79.9. The monoisotopic (exact) mass is 352 g/mol. The van der Waals surface area contributed by atoms with E-state index in [4.69, 9.17) is 0 Å². The number of hydrogen-bond donors (Lipinski definition) is 1. The number of rotatable bonds is 6. The lowest BCUT2D eigenvalue weighted by Gasteiger charge is -2.36. The van der Waals surface area contributed by atoms with Gasteiger partial charge in [-0.2, -0.15) is 0 Å². The van der Waals surface area contributed by atoms with Crippen LogP contribution in [0.3, 0.4) is 0 Å². The maximum Gasteiger partial charge on any atom is 0.0231 e. The summed E-state index contributed by atoms with van der Waals surface area (Å²) in [7, 11) is 4.37. The third-order valence-electron chi connectivity index (χ3n) is 4.66. The van der Waals surface area contributed by atoms with Crippen molar-refractivity contribution in [3.05, 3.63) is 34.3 Å². The second-order valence-corrected chi connectivity index (χ2v) is 7.66. The van der Waals surface area contributed by atoms with Gasteiger partial charge in [0.25, 0.3) is 0 Å². The van der Waals surface area contributed by atoms with Gasteiger partial charge in [-0.05, 0) is 50.0 Å². The molecular weight excluding hydrogens is 324 g/mol. The van der Waals surface area contributed by atoms with Gasteiger partial charge in [-0.25, -0.2) is 0 Å². The summed E-state index contributed by atoms with van der Waals surface area (Å²) in [6, 6.07) is 8.67. The predicted octanol–water partition coefficient (Wildman–Crippen LogP) is 4.44. The van der Waals surface area contributed by atoms with Crippen LogP contribution < -0.4 is 5.32 Å². The molecule has 2 rings (SSSR count). The molecular formula is C18H29BrN2. The summed E-state index contributed by atoms with van der Waals surface area (Å²) in [6.07, 6.45) is 8.37. The normalized spacial score (nSPS) is 18.7. The molecule has 0 bridgehead atoms. The summed E-state index contributed by atoms with van der Waals surface area (Å²) in [6.45, 7) is 3.38. The lowest BCUT2D eigenvalue weighted by molar-refractivity contribution is 0.144. The standard InChI is InChI=1S/C18H29BrN2/c1-20-14-18(10-5-3-4-6-11-18)15-21(2)13-16-8-7-9-17(19)12-16/h7-9,12,20H,3-6,10-11,13-15H2,1-2H3. The first-order valence-electron chi connectivity index (χ1n) is 8.21. The smallest absolute Gasteiger partial charge is 0.0231 e. The van der Waals surface area contributed by atoms with Gasteiger partial charge in [-0.15, -0.1) is 0 Å². The molecule has 0 atom stereocenters. The van der Waals surface area contributed by atoms with Gasteiger partial charge in [0.15, 0.2) is 0 Å². The van der Waals surface area contributed by atoms with Crippen molar-refractivity contribution in [1.82, 2.24) is 10.2 Å². The lowest BCUT2D eigenvalue weighted by atomic mass is 9.79. The molecule has 21 heavy (non-hydrogen) atoms. The van der Waals surface area contributed by atoms with Crippen molar-refractivity contribution in [3.63, 3.8) is 0 Å². The van der Waals surface area contributed by atoms with Crippen LogP contribution in [0.15, 0.2) is 28.7 Å². The van der Waals surface area contributed by atoms with Gasteiger partial charge in [-0.3, -0.25) is 0 Å². The molecule has 2 nitrogen and oxygen atoms in total. The second-order valence-electron chi connectivity index (χ2n) is 6.75. The van der Waals surface area contributed by atoms with Crippen LogP contribution in [0.1, 0.15) is 44.1 Å². The van der Waals surface area contributed by atoms with E-state index in [0.717, 1.165) is 13.1 Å². The number of hydrogen-bond acceptors (Lipinski definition) is 2. The molecule has 0 amide bonds. The zero-order chi connectivity index (χ0) is 15.1. The number of nitrogens with zero attached hydrogens (tertiary/aromatic N) is 1. The highest BCUT2D eigenvalue weighted by Crippen LogP contribution is 2.35. The van der Waals surface area contributed by atoms with Gasteiger partial charge in [-0.1, -0.05) is 53.7 Å². The van der Waals surface area contributed by atoms with E-state index in [1.807, 2.05) is 0 Å². The van der Waals surface area contributed by atoms with E-state index < -0.39 is 0 Å². The first kappa shape index (κ1) is 17.0. The van der Waals surface area contributed by atoms with Gasteiger partial charge in [0.2, 0.25) is 0 Å². The molecule has 0 radical (unpaired) electrons. The predicted molar refractivity (Wildman–Crippen MR) is 94.5 cm³/mol. The molecule has 0 spiro atoms. The van der Waals surface area contributed by atoms with Crippen LogP contribution in [-0.4, -0.2) is 32.1 Å². The zero-order valence-electron chi connectivity index (χ0n) is 13.5. The van der Waals surface area contributed by atoms with E-state index in [1.165, 1.54) is 55.1 Å². The first-order chi connectivity index (χ1) is 10.1. The summed E-state index contributed by atoms with van der Waals surface area (Å²) in [4.78, 5) is 2.50. The molecule has 0 saturated heterocycles. The summed E-state index contributed by atoms with van der Waals surface area (Å²) in [5, 5.41) is 3.45. The van der Waals surface area contributed by atoms with Crippen molar-refractivity contribution in [3.8, 4) is 0 Å². The van der Waals surface area contributed by atoms with Crippen LogP contribution in [-0.2, 0) is 6.54 Å². The largest absolute Gasteiger partial charge is 0.319 e. The Bertz CT molecular complexity index is 425. The van der Waals surface area contributed by atoms with Crippen molar-refractivity contribution in [2.75, 3.05) is 27.2 Å². The van der Waals surface area contributed by atoms with Crippen molar-refractivity contribution >= 4 is 15.9 Å². The number of benzene rings is 1. The third kappa shape index (κ3) is 5.39. The Morgan fingerprint density at radius 1 is 1.19 bits per heavy atom. The maximum atomic E-state index is 3.57. The van der Waals surface area contributed by atoms with Crippen LogP contribution in [0, 0.1) is 5.41 Å². The van der Waals surface area contributed by atoms with Crippen molar-refractivity contribution in [1.29, 1.82) is 0 Å². The minimum absolute atomic E-state index is 0.464. The Morgan fingerprint density at radius 2 is 1.90 bits per heavy atom. The van der Waals surface area contributed by atoms with Crippen LogP contribution in [0.25, 0.3) is 0 Å². The molecule has 3 heteroatoms. The van der Waals surface area contributed by atoms with E-state index in [2.05, 4.69) is 64.5 Å². The van der Waals surface area contributed by atoms with Gasteiger partial charge >= 0.3 is 0 Å². The van der Waals surface area contributed by atoms with E-state index in [1.54, 1.807) is 0 Å². The van der Waals surface area contributed by atoms with Gasteiger partial charge in [0.05, 0.1) is 0 Å². The fourth-order valence-electron chi connectivity index (χ4n) is 3.82. The van der Waals surface area contributed by atoms with Crippen LogP contribution in [0.2, 0.25) is 0 Å². The average Bonchev–Trinajstić information content (AvgIpc) is 2.65. The van der Waals surface area contributed by atoms with Gasteiger partial charge in [0, 0.05) is 24.1 Å². The van der Waals surface area contributed by atoms with E-state index >= 15 is 0 Å². The fraction of sp³-hybridized carbons (Fsp3) is 0.667. The van der Waals surface area contributed by atoms with E-state index in [9.17, 15) is 0 Å². The van der Waals surface area contributed by atoms with Crippen molar-refractivity contribution < 1.29 is 0 Å². The van der Waals surface area contributed by atoms with Crippen LogP contribution in [0.5, 0.6) is 0 Å². The third-order valence-corrected chi connectivity index (χ3v) is 5.16. The molecule has 1 aliphatic rings. The SMILES string of the molecule is CNCC1(CN(C)Cc2cccc(Br)c2)CCCCCC1. The molecule has 1 aromatic carbocycles. The topological polar surface area (TPSA) is 15.3 Å². The zero-order valence-corrected chi connectivity index (χ0v) is 15.1. The van der Waals surface area contributed by atoms with Crippen molar-refractivity contribution in [2.45, 2.75) is 45.1 Å². The fourth-order valence-corrected chi connectivity index (χ4v) is 4.27. The minimum atomic E-state index is 0.464. The Morgan fingerprint density at radius 3 is 2.52 bits per heavy atom. The Hall–Kier alpha value is -0.380. The minimum Gasteiger partial charge on any atom is -0.319 e. The molecule has 1 aliphatic carbocycles. The highest BCUT2D eigenvalue weighted by Gasteiger charge is 2.31. The molecule has 0 aliphatic heterocycles. The maximum absolute atomic E-state index is 3.57. The van der Waals surface area contributed by atoms with Crippen LogP contribution >= 0.6 is 15.9 Å².